The molecule has 1 aromatic carbocycles. The van der Waals surface area contributed by atoms with Crippen molar-refractivity contribution in [2.24, 2.45) is 0 Å². The van der Waals surface area contributed by atoms with E-state index < -0.39 is 11.5 Å². The second kappa shape index (κ2) is 6.46. The van der Waals surface area contributed by atoms with Gasteiger partial charge >= 0.3 is 0 Å². The van der Waals surface area contributed by atoms with Gasteiger partial charge in [0.2, 0.25) is 0 Å². The SMILES string of the molecule is O=C(NCC1(O)CCCCCC1)c1ccc(Cl)cc1O. The van der Waals surface area contributed by atoms with Crippen LogP contribution in [0.3, 0.4) is 0 Å². The van der Waals surface area contributed by atoms with Crippen LogP contribution in [0.5, 0.6) is 5.75 Å². The summed E-state index contributed by atoms with van der Waals surface area (Å²) in [6, 6.07) is 4.36. The van der Waals surface area contributed by atoms with Crippen molar-refractivity contribution in [3.8, 4) is 5.75 Å². The number of phenols is 1. The van der Waals surface area contributed by atoms with E-state index in [1.165, 1.54) is 12.1 Å². The number of nitrogens with one attached hydrogen (secondary N) is 1. The van der Waals surface area contributed by atoms with Crippen LogP contribution in [0.2, 0.25) is 5.02 Å². The van der Waals surface area contributed by atoms with Crippen LogP contribution in [0.25, 0.3) is 0 Å². The highest BCUT2D eigenvalue weighted by Gasteiger charge is 2.28. The van der Waals surface area contributed by atoms with E-state index >= 15 is 0 Å². The number of benzene rings is 1. The second-order valence-electron chi connectivity index (χ2n) is 5.48. The molecule has 0 aromatic heterocycles. The summed E-state index contributed by atoms with van der Waals surface area (Å²) >= 11 is 5.73. The number of rotatable bonds is 3. The molecule has 1 amide bonds. The fourth-order valence-electron chi connectivity index (χ4n) is 2.60. The molecule has 1 saturated carbocycles. The average molecular weight is 298 g/mol. The Hall–Kier alpha value is -1.26. The summed E-state index contributed by atoms with van der Waals surface area (Å²) in [5.74, 6) is -0.542. The molecule has 1 aliphatic rings. The van der Waals surface area contributed by atoms with Crippen molar-refractivity contribution >= 4 is 17.5 Å². The number of phenolic OH excluding ortho intramolecular Hbond substituents is 1. The minimum absolute atomic E-state index is 0.150. The van der Waals surface area contributed by atoms with Gasteiger partial charge in [-0.3, -0.25) is 4.79 Å². The molecular weight excluding hydrogens is 278 g/mol. The van der Waals surface area contributed by atoms with E-state index in [4.69, 9.17) is 11.6 Å². The number of amides is 1. The zero-order valence-corrected chi connectivity index (χ0v) is 12.1. The lowest BCUT2D eigenvalue weighted by molar-refractivity contribution is 0.0246. The monoisotopic (exact) mass is 297 g/mol. The first-order valence-electron chi connectivity index (χ1n) is 6.99. The second-order valence-corrected chi connectivity index (χ2v) is 5.92. The van der Waals surface area contributed by atoms with Gasteiger partial charge in [-0.25, -0.2) is 0 Å². The lowest BCUT2D eigenvalue weighted by Gasteiger charge is -2.26. The fraction of sp³-hybridized carbons (Fsp3) is 0.533. The summed E-state index contributed by atoms with van der Waals surface area (Å²) < 4.78 is 0. The molecule has 5 heteroatoms. The first-order chi connectivity index (χ1) is 9.50. The molecule has 110 valence electrons. The van der Waals surface area contributed by atoms with Crippen LogP contribution in [0.15, 0.2) is 18.2 Å². The summed E-state index contributed by atoms with van der Waals surface area (Å²) in [7, 11) is 0. The molecule has 1 fully saturated rings. The number of aliphatic hydroxyl groups is 1. The van der Waals surface area contributed by atoms with Crippen molar-refractivity contribution in [3.63, 3.8) is 0 Å². The van der Waals surface area contributed by atoms with Crippen molar-refractivity contribution in [2.75, 3.05) is 6.54 Å². The summed E-state index contributed by atoms with van der Waals surface area (Å²) in [6.07, 6.45) is 5.65. The van der Waals surface area contributed by atoms with Crippen LogP contribution in [0.4, 0.5) is 0 Å². The van der Waals surface area contributed by atoms with Crippen molar-refractivity contribution in [1.82, 2.24) is 5.32 Å². The quantitative estimate of drug-likeness (QED) is 0.751. The highest BCUT2D eigenvalue weighted by Crippen LogP contribution is 2.27. The zero-order valence-electron chi connectivity index (χ0n) is 11.4. The molecule has 2 rings (SSSR count). The molecule has 0 atom stereocenters. The highest BCUT2D eigenvalue weighted by atomic mass is 35.5. The first-order valence-corrected chi connectivity index (χ1v) is 7.37. The number of hydrogen-bond acceptors (Lipinski definition) is 3. The van der Waals surface area contributed by atoms with E-state index in [1.54, 1.807) is 6.07 Å². The molecule has 1 aromatic rings. The Morgan fingerprint density at radius 1 is 1.25 bits per heavy atom. The first kappa shape index (κ1) is 15.1. The van der Waals surface area contributed by atoms with Crippen molar-refractivity contribution < 1.29 is 15.0 Å². The summed E-state index contributed by atoms with van der Waals surface area (Å²) in [4.78, 5) is 12.0. The van der Waals surface area contributed by atoms with Crippen LogP contribution in [-0.2, 0) is 0 Å². The summed E-state index contributed by atoms with van der Waals surface area (Å²) in [5, 5.41) is 23.2. The molecule has 4 nitrogen and oxygen atoms in total. The fourth-order valence-corrected chi connectivity index (χ4v) is 2.77. The molecule has 0 spiro atoms. The molecule has 0 heterocycles. The van der Waals surface area contributed by atoms with Gasteiger partial charge in [0, 0.05) is 11.6 Å². The average Bonchev–Trinajstić information content (AvgIpc) is 2.61. The van der Waals surface area contributed by atoms with Gasteiger partial charge in [-0.2, -0.15) is 0 Å². The topological polar surface area (TPSA) is 69.6 Å². The minimum atomic E-state index is -0.825. The van der Waals surface area contributed by atoms with Crippen molar-refractivity contribution in [1.29, 1.82) is 0 Å². The number of carbonyl (C=O) groups is 1. The molecule has 20 heavy (non-hydrogen) atoms. The van der Waals surface area contributed by atoms with Crippen LogP contribution in [0, 0.1) is 0 Å². The summed E-state index contributed by atoms with van der Waals surface area (Å²) in [5.41, 5.74) is -0.652. The lowest BCUT2D eigenvalue weighted by atomic mass is 9.94. The third-order valence-corrected chi connectivity index (χ3v) is 4.05. The normalized spacial score (nSPS) is 18.3. The Morgan fingerprint density at radius 3 is 2.50 bits per heavy atom. The number of carbonyl (C=O) groups excluding carboxylic acids is 1. The Morgan fingerprint density at radius 2 is 1.90 bits per heavy atom. The van der Waals surface area contributed by atoms with Gasteiger partial charge in [0.05, 0.1) is 11.2 Å². The largest absolute Gasteiger partial charge is 0.507 e. The Balaban J connectivity index is 1.97. The van der Waals surface area contributed by atoms with Gasteiger partial charge in [-0.05, 0) is 31.0 Å². The molecule has 3 N–H and O–H groups in total. The molecule has 0 radical (unpaired) electrons. The maximum atomic E-state index is 12.0. The van der Waals surface area contributed by atoms with E-state index in [2.05, 4.69) is 5.32 Å². The van der Waals surface area contributed by atoms with E-state index in [9.17, 15) is 15.0 Å². The number of aromatic hydroxyl groups is 1. The smallest absolute Gasteiger partial charge is 0.255 e. The Bertz CT molecular complexity index is 482. The standard InChI is InChI=1S/C15H20ClNO3/c16-11-5-6-12(13(18)9-11)14(19)17-10-15(20)7-3-1-2-4-8-15/h5-6,9,18,20H,1-4,7-8,10H2,(H,17,19). The van der Waals surface area contributed by atoms with Gasteiger partial charge < -0.3 is 15.5 Å². The highest BCUT2D eigenvalue weighted by molar-refractivity contribution is 6.30. The van der Waals surface area contributed by atoms with Crippen LogP contribution in [-0.4, -0.2) is 28.3 Å². The van der Waals surface area contributed by atoms with Gasteiger partial charge in [0.15, 0.2) is 0 Å². The third-order valence-electron chi connectivity index (χ3n) is 3.82. The van der Waals surface area contributed by atoms with Crippen LogP contribution >= 0.6 is 11.6 Å². The Labute approximate surface area is 123 Å². The Kier molecular flexibility index (Phi) is 4.89. The lowest BCUT2D eigenvalue weighted by Crippen LogP contribution is -2.42. The molecule has 0 saturated heterocycles. The number of halogens is 1. The summed E-state index contributed by atoms with van der Waals surface area (Å²) in [6.45, 7) is 0.216. The van der Waals surface area contributed by atoms with Crippen LogP contribution in [0.1, 0.15) is 48.9 Å². The predicted molar refractivity (Wildman–Crippen MR) is 78.1 cm³/mol. The molecule has 0 unspecified atom stereocenters. The van der Waals surface area contributed by atoms with E-state index in [1.807, 2.05) is 0 Å². The van der Waals surface area contributed by atoms with E-state index in [-0.39, 0.29) is 17.9 Å². The maximum absolute atomic E-state index is 12.0. The predicted octanol–water partition coefficient (Wildman–Crippen LogP) is 2.86. The van der Waals surface area contributed by atoms with Gasteiger partial charge in [-0.15, -0.1) is 0 Å². The maximum Gasteiger partial charge on any atom is 0.255 e. The zero-order chi connectivity index (χ0) is 14.6. The van der Waals surface area contributed by atoms with Gasteiger partial charge in [-0.1, -0.05) is 37.3 Å². The molecule has 0 bridgehead atoms. The van der Waals surface area contributed by atoms with Crippen molar-refractivity contribution in [3.05, 3.63) is 28.8 Å². The van der Waals surface area contributed by atoms with E-state index in [0.29, 0.717) is 17.9 Å². The van der Waals surface area contributed by atoms with Crippen molar-refractivity contribution in [2.45, 2.75) is 44.1 Å². The van der Waals surface area contributed by atoms with E-state index in [0.717, 1.165) is 25.7 Å². The van der Waals surface area contributed by atoms with Crippen LogP contribution < -0.4 is 5.32 Å². The van der Waals surface area contributed by atoms with Gasteiger partial charge in [0.25, 0.3) is 5.91 Å². The molecule has 0 aliphatic heterocycles. The minimum Gasteiger partial charge on any atom is -0.507 e. The number of hydrogen-bond donors (Lipinski definition) is 3. The third kappa shape index (κ3) is 3.87. The van der Waals surface area contributed by atoms with Gasteiger partial charge in [0.1, 0.15) is 5.75 Å². The molecule has 1 aliphatic carbocycles. The molecular formula is C15H20ClNO3.